The van der Waals surface area contributed by atoms with Crippen LogP contribution in [-0.2, 0) is 21.2 Å². The highest BCUT2D eigenvalue weighted by Gasteiger charge is 2.20. The molecule has 0 heterocycles. The molecule has 0 saturated heterocycles. The first kappa shape index (κ1) is 23.8. The predicted molar refractivity (Wildman–Crippen MR) is 125 cm³/mol. The molecule has 0 bridgehead atoms. The number of ether oxygens (including phenoxy) is 1. The quantitative estimate of drug-likeness (QED) is 0.465. The first-order chi connectivity index (χ1) is 15.3. The summed E-state index contributed by atoms with van der Waals surface area (Å²) in [6.45, 7) is 2.04. The summed E-state index contributed by atoms with van der Waals surface area (Å²) in [6, 6.07) is 22.8. The second kappa shape index (κ2) is 11.1. The first-order valence-electron chi connectivity index (χ1n) is 10.2. The van der Waals surface area contributed by atoms with Gasteiger partial charge >= 0.3 is 0 Å². The molecule has 1 atom stereocenters. The van der Waals surface area contributed by atoms with Gasteiger partial charge in [-0.1, -0.05) is 72.3 Å². The van der Waals surface area contributed by atoms with E-state index in [0.29, 0.717) is 13.0 Å². The molecule has 0 aliphatic heterocycles. The molecule has 0 aromatic heterocycles. The predicted octanol–water partition coefficient (Wildman–Crippen LogP) is 4.12. The Hall–Kier alpha value is -2.87. The van der Waals surface area contributed by atoms with Crippen LogP contribution < -0.4 is 14.8 Å². The van der Waals surface area contributed by atoms with Crippen molar-refractivity contribution in [3.63, 3.8) is 0 Å². The minimum absolute atomic E-state index is 0.0185. The highest BCUT2D eigenvalue weighted by molar-refractivity contribution is 7.89. The Morgan fingerprint density at radius 3 is 2.31 bits per heavy atom. The monoisotopic (exact) mass is 472 g/mol. The fourth-order valence-corrected chi connectivity index (χ4v) is 4.62. The summed E-state index contributed by atoms with van der Waals surface area (Å²) >= 11 is 6.21. The number of carbonyl (C=O) groups is 1. The van der Waals surface area contributed by atoms with Gasteiger partial charge in [-0.15, -0.1) is 0 Å². The Bertz CT molecular complexity index is 1140. The van der Waals surface area contributed by atoms with Crippen molar-refractivity contribution in [2.24, 2.45) is 0 Å². The van der Waals surface area contributed by atoms with Crippen LogP contribution in [0.5, 0.6) is 5.75 Å². The fourth-order valence-electron chi connectivity index (χ4n) is 3.06. The molecule has 0 fully saturated rings. The van der Waals surface area contributed by atoms with Crippen LogP contribution in [0.3, 0.4) is 0 Å². The van der Waals surface area contributed by atoms with Crippen molar-refractivity contribution < 1.29 is 17.9 Å². The van der Waals surface area contributed by atoms with Gasteiger partial charge in [-0.3, -0.25) is 4.79 Å². The zero-order valence-corrected chi connectivity index (χ0v) is 19.2. The maximum atomic E-state index is 12.7. The van der Waals surface area contributed by atoms with Gasteiger partial charge in [0.2, 0.25) is 10.0 Å². The number of hydrogen-bond donors (Lipinski definition) is 2. The molecule has 168 valence electrons. The third kappa shape index (κ3) is 6.82. The average molecular weight is 473 g/mol. The summed E-state index contributed by atoms with van der Waals surface area (Å²) in [5, 5.41) is 2.89. The number of sulfonamides is 1. The molecule has 6 nitrogen and oxygen atoms in total. The fraction of sp³-hybridized carbons (Fsp3) is 0.208. The Morgan fingerprint density at radius 2 is 1.66 bits per heavy atom. The molecular weight excluding hydrogens is 448 g/mol. The molecule has 3 rings (SSSR count). The summed E-state index contributed by atoms with van der Waals surface area (Å²) < 4.78 is 33.5. The molecule has 2 N–H and O–H groups in total. The lowest BCUT2D eigenvalue weighted by molar-refractivity contribution is -0.123. The summed E-state index contributed by atoms with van der Waals surface area (Å²) in [5.41, 5.74) is 1.98. The lowest BCUT2D eigenvalue weighted by Gasteiger charge is -2.15. The highest BCUT2D eigenvalue weighted by atomic mass is 35.5. The van der Waals surface area contributed by atoms with Gasteiger partial charge in [0.15, 0.2) is 6.61 Å². The topological polar surface area (TPSA) is 84.5 Å². The smallest absolute Gasteiger partial charge is 0.257 e. The van der Waals surface area contributed by atoms with E-state index in [2.05, 4.69) is 10.0 Å². The lowest BCUT2D eigenvalue weighted by atomic mass is 10.1. The molecule has 3 aromatic carbocycles. The van der Waals surface area contributed by atoms with Gasteiger partial charge in [0.25, 0.3) is 5.91 Å². The van der Waals surface area contributed by atoms with Crippen LogP contribution in [0.15, 0.2) is 83.8 Å². The highest BCUT2D eigenvalue weighted by Crippen LogP contribution is 2.28. The van der Waals surface area contributed by atoms with E-state index in [9.17, 15) is 13.2 Å². The van der Waals surface area contributed by atoms with Gasteiger partial charge in [-0.05, 0) is 42.7 Å². The van der Waals surface area contributed by atoms with Crippen molar-refractivity contribution >= 4 is 27.5 Å². The SMILES string of the molecule is C[C@H](NS(=O)(=O)c1ccc(OCC(=O)NCCc2ccccc2)c(Cl)c1)c1ccccc1. The number of nitrogens with one attached hydrogen (secondary N) is 2. The molecule has 0 aliphatic carbocycles. The normalized spacial score (nSPS) is 12.2. The number of amides is 1. The van der Waals surface area contributed by atoms with Crippen molar-refractivity contribution in [3.8, 4) is 5.75 Å². The second-order valence-corrected chi connectivity index (χ2v) is 9.34. The number of benzene rings is 3. The van der Waals surface area contributed by atoms with Crippen LogP contribution in [0.2, 0.25) is 5.02 Å². The molecule has 0 saturated carbocycles. The molecule has 32 heavy (non-hydrogen) atoms. The second-order valence-electron chi connectivity index (χ2n) is 7.22. The molecule has 0 spiro atoms. The molecule has 1 amide bonds. The molecule has 3 aromatic rings. The Balaban J connectivity index is 1.53. The van der Waals surface area contributed by atoms with Gasteiger partial charge in [-0.25, -0.2) is 13.1 Å². The van der Waals surface area contributed by atoms with Crippen LogP contribution in [0, 0.1) is 0 Å². The van der Waals surface area contributed by atoms with Crippen molar-refractivity contribution in [1.82, 2.24) is 10.0 Å². The zero-order valence-electron chi connectivity index (χ0n) is 17.6. The first-order valence-corrected chi connectivity index (χ1v) is 12.0. The number of halogens is 1. The van der Waals surface area contributed by atoms with Crippen LogP contribution in [0.4, 0.5) is 0 Å². The molecule has 0 aliphatic rings. The maximum absolute atomic E-state index is 12.7. The van der Waals surface area contributed by atoms with Gasteiger partial charge in [0, 0.05) is 12.6 Å². The minimum Gasteiger partial charge on any atom is -0.482 e. The summed E-state index contributed by atoms with van der Waals surface area (Å²) in [6.07, 6.45) is 0.717. The van der Waals surface area contributed by atoms with E-state index in [0.717, 1.165) is 11.1 Å². The zero-order chi connectivity index (χ0) is 23.0. The standard InChI is InChI=1S/C24H25ClN2O4S/c1-18(20-10-6-3-7-11-20)27-32(29,30)21-12-13-23(22(25)16-21)31-17-24(28)26-15-14-19-8-4-2-5-9-19/h2-13,16,18,27H,14-15,17H2,1H3,(H,26,28)/t18-/m0/s1. The van der Waals surface area contributed by atoms with Gasteiger partial charge in [-0.2, -0.15) is 0 Å². The van der Waals surface area contributed by atoms with Crippen LogP contribution >= 0.6 is 11.6 Å². The number of hydrogen-bond acceptors (Lipinski definition) is 4. The summed E-state index contributed by atoms with van der Waals surface area (Å²) in [4.78, 5) is 12.0. The van der Waals surface area contributed by atoms with Crippen molar-refractivity contribution in [1.29, 1.82) is 0 Å². The molecule has 0 radical (unpaired) electrons. The summed E-state index contributed by atoms with van der Waals surface area (Å²) in [7, 11) is -3.79. The summed E-state index contributed by atoms with van der Waals surface area (Å²) in [5.74, 6) is -0.0491. The van der Waals surface area contributed by atoms with Crippen LogP contribution in [0.1, 0.15) is 24.1 Å². The van der Waals surface area contributed by atoms with E-state index in [1.807, 2.05) is 60.7 Å². The van der Waals surface area contributed by atoms with E-state index >= 15 is 0 Å². The van der Waals surface area contributed by atoms with Gasteiger partial charge < -0.3 is 10.1 Å². The third-order valence-electron chi connectivity index (χ3n) is 4.78. The maximum Gasteiger partial charge on any atom is 0.257 e. The largest absolute Gasteiger partial charge is 0.482 e. The van der Waals surface area contributed by atoms with E-state index in [4.69, 9.17) is 16.3 Å². The van der Waals surface area contributed by atoms with Gasteiger partial charge in [0.05, 0.1) is 9.92 Å². The van der Waals surface area contributed by atoms with Crippen LogP contribution in [-0.4, -0.2) is 27.5 Å². The van der Waals surface area contributed by atoms with E-state index in [-0.39, 0.29) is 28.2 Å². The Morgan fingerprint density at radius 1 is 1.00 bits per heavy atom. The minimum atomic E-state index is -3.79. The van der Waals surface area contributed by atoms with Crippen molar-refractivity contribution in [2.75, 3.05) is 13.2 Å². The molecule has 0 unspecified atom stereocenters. The van der Waals surface area contributed by atoms with Crippen molar-refractivity contribution in [2.45, 2.75) is 24.3 Å². The van der Waals surface area contributed by atoms with E-state index in [1.165, 1.54) is 18.2 Å². The van der Waals surface area contributed by atoms with Crippen LogP contribution in [0.25, 0.3) is 0 Å². The molecular formula is C24H25ClN2O4S. The van der Waals surface area contributed by atoms with E-state index in [1.54, 1.807) is 6.92 Å². The Labute approximate surface area is 193 Å². The average Bonchev–Trinajstić information content (AvgIpc) is 2.79. The van der Waals surface area contributed by atoms with Crippen molar-refractivity contribution in [3.05, 3.63) is 95.0 Å². The third-order valence-corrected chi connectivity index (χ3v) is 6.62. The molecule has 8 heteroatoms. The Kier molecular flexibility index (Phi) is 8.27. The lowest BCUT2D eigenvalue weighted by Crippen LogP contribution is -2.30. The van der Waals surface area contributed by atoms with Gasteiger partial charge in [0.1, 0.15) is 5.75 Å². The number of rotatable bonds is 10. The number of carbonyl (C=O) groups excluding carboxylic acids is 1. The van der Waals surface area contributed by atoms with E-state index < -0.39 is 16.1 Å².